The first-order valence-electron chi connectivity index (χ1n) is 5.71. The van der Waals surface area contributed by atoms with Gasteiger partial charge in [-0.3, -0.25) is 0 Å². The maximum atomic E-state index is 3.51. The number of hydrogen-bond acceptors (Lipinski definition) is 3. The summed E-state index contributed by atoms with van der Waals surface area (Å²) < 4.78 is 0. The van der Waals surface area contributed by atoms with Crippen LogP contribution in [0.2, 0.25) is 0 Å². The molecular weight excluding hydrogens is 204 g/mol. The largest absolute Gasteiger partial charge is 0.311 e. The van der Waals surface area contributed by atoms with Gasteiger partial charge in [0.25, 0.3) is 0 Å². The fourth-order valence-corrected chi connectivity index (χ4v) is 2.62. The van der Waals surface area contributed by atoms with E-state index in [2.05, 4.69) is 35.6 Å². The Kier molecular flexibility index (Phi) is 3.78. The standard InChI is InChI=1S/C12H20N2S/c1-10-5-8-15-12(10)9-13-6-7-14(2)11-3-4-11/h5,8,11,13H,3-4,6-7,9H2,1-2H3. The molecule has 15 heavy (non-hydrogen) atoms. The lowest BCUT2D eigenvalue weighted by Gasteiger charge is -2.15. The van der Waals surface area contributed by atoms with Crippen LogP contribution >= 0.6 is 11.3 Å². The summed E-state index contributed by atoms with van der Waals surface area (Å²) in [6.07, 6.45) is 2.81. The number of likely N-dealkylation sites (N-methyl/N-ethyl adjacent to an activating group) is 1. The van der Waals surface area contributed by atoms with Crippen LogP contribution in [0.15, 0.2) is 11.4 Å². The molecule has 0 amide bonds. The van der Waals surface area contributed by atoms with Crippen molar-refractivity contribution >= 4 is 11.3 Å². The fourth-order valence-electron chi connectivity index (χ4n) is 1.74. The van der Waals surface area contributed by atoms with Crippen molar-refractivity contribution in [3.8, 4) is 0 Å². The van der Waals surface area contributed by atoms with Gasteiger partial charge in [0.15, 0.2) is 0 Å². The zero-order valence-electron chi connectivity index (χ0n) is 9.62. The fraction of sp³-hybridized carbons (Fsp3) is 0.667. The quantitative estimate of drug-likeness (QED) is 0.746. The smallest absolute Gasteiger partial charge is 0.0302 e. The van der Waals surface area contributed by atoms with E-state index in [1.807, 2.05) is 11.3 Å². The van der Waals surface area contributed by atoms with Crippen molar-refractivity contribution in [1.82, 2.24) is 10.2 Å². The Hall–Kier alpha value is -0.380. The second-order valence-corrected chi connectivity index (χ2v) is 5.42. The highest BCUT2D eigenvalue weighted by atomic mass is 32.1. The molecule has 1 N–H and O–H groups in total. The Balaban J connectivity index is 1.60. The number of nitrogens with one attached hydrogen (secondary N) is 1. The highest BCUT2D eigenvalue weighted by Gasteiger charge is 2.25. The number of rotatable bonds is 6. The van der Waals surface area contributed by atoms with Gasteiger partial charge in [0, 0.05) is 30.6 Å². The summed E-state index contributed by atoms with van der Waals surface area (Å²) in [5, 5.41) is 5.68. The van der Waals surface area contributed by atoms with Gasteiger partial charge < -0.3 is 10.2 Å². The summed E-state index contributed by atoms with van der Waals surface area (Å²) in [6.45, 7) is 5.49. The van der Waals surface area contributed by atoms with Gasteiger partial charge >= 0.3 is 0 Å². The molecule has 1 saturated carbocycles. The minimum absolute atomic E-state index is 0.885. The second kappa shape index (κ2) is 5.10. The molecule has 1 aliphatic carbocycles. The van der Waals surface area contributed by atoms with Crippen molar-refractivity contribution in [2.75, 3.05) is 20.1 Å². The molecule has 0 saturated heterocycles. The van der Waals surface area contributed by atoms with Crippen LogP contribution in [0.5, 0.6) is 0 Å². The number of thiophene rings is 1. The van der Waals surface area contributed by atoms with E-state index in [4.69, 9.17) is 0 Å². The first kappa shape index (κ1) is 11.1. The Morgan fingerprint density at radius 2 is 2.33 bits per heavy atom. The normalized spacial score (nSPS) is 16.2. The molecule has 1 aliphatic rings. The van der Waals surface area contributed by atoms with E-state index in [-0.39, 0.29) is 0 Å². The van der Waals surface area contributed by atoms with Gasteiger partial charge in [-0.2, -0.15) is 0 Å². The number of aryl methyl sites for hydroxylation is 1. The van der Waals surface area contributed by atoms with E-state index in [0.717, 1.165) is 19.1 Å². The Morgan fingerprint density at radius 1 is 1.53 bits per heavy atom. The van der Waals surface area contributed by atoms with Gasteiger partial charge in [-0.05, 0) is 43.8 Å². The molecule has 0 aliphatic heterocycles. The summed E-state index contributed by atoms with van der Waals surface area (Å²) in [6, 6.07) is 3.08. The molecule has 0 unspecified atom stereocenters. The van der Waals surface area contributed by atoms with Gasteiger partial charge in [-0.15, -0.1) is 11.3 Å². The van der Waals surface area contributed by atoms with E-state index in [1.165, 1.54) is 29.8 Å². The molecule has 1 aromatic heterocycles. The monoisotopic (exact) mass is 224 g/mol. The summed E-state index contributed by atoms with van der Waals surface area (Å²) in [7, 11) is 2.23. The molecule has 1 aromatic rings. The summed E-state index contributed by atoms with van der Waals surface area (Å²) in [5.74, 6) is 0. The minimum Gasteiger partial charge on any atom is -0.311 e. The van der Waals surface area contributed by atoms with E-state index in [0.29, 0.717) is 0 Å². The Bertz CT molecular complexity index is 304. The third-order valence-electron chi connectivity index (χ3n) is 3.07. The summed E-state index contributed by atoms with van der Waals surface area (Å²) >= 11 is 1.85. The molecule has 0 bridgehead atoms. The van der Waals surface area contributed by atoms with Crippen LogP contribution in [0.4, 0.5) is 0 Å². The Morgan fingerprint density at radius 3 is 2.93 bits per heavy atom. The topological polar surface area (TPSA) is 15.3 Å². The molecule has 0 aromatic carbocycles. The minimum atomic E-state index is 0.885. The predicted octanol–water partition coefficient (Wildman–Crippen LogP) is 2.24. The van der Waals surface area contributed by atoms with Crippen LogP contribution in [0.25, 0.3) is 0 Å². The van der Waals surface area contributed by atoms with Crippen molar-refractivity contribution in [3.63, 3.8) is 0 Å². The van der Waals surface area contributed by atoms with Crippen molar-refractivity contribution in [3.05, 3.63) is 21.9 Å². The van der Waals surface area contributed by atoms with Crippen LogP contribution in [-0.4, -0.2) is 31.1 Å². The molecule has 3 heteroatoms. The molecule has 84 valence electrons. The maximum Gasteiger partial charge on any atom is 0.0302 e. The van der Waals surface area contributed by atoms with Crippen LogP contribution in [0.3, 0.4) is 0 Å². The molecule has 2 rings (SSSR count). The molecular formula is C12H20N2S. The first-order chi connectivity index (χ1) is 7.27. The summed E-state index contributed by atoms with van der Waals surface area (Å²) in [5.41, 5.74) is 1.42. The average Bonchev–Trinajstić information content (AvgIpc) is 2.99. The molecule has 0 radical (unpaired) electrons. The third kappa shape index (κ3) is 3.30. The lowest BCUT2D eigenvalue weighted by molar-refractivity contribution is 0.322. The third-order valence-corrected chi connectivity index (χ3v) is 4.09. The van der Waals surface area contributed by atoms with Crippen LogP contribution in [0, 0.1) is 6.92 Å². The molecule has 1 heterocycles. The Labute approximate surface area is 96.3 Å². The van der Waals surface area contributed by atoms with Crippen molar-refractivity contribution < 1.29 is 0 Å². The van der Waals surface area contributed by atoms with E-state index < -0.39 is 0 Å². The van der Waals surface area contributed by atoms with Crippen LogP contribution in [0.1, 0.15) is 23.3 Å². The van der Waals surface area contributed by atoms with E-state index in [9.17, 15) is 0 Å². The summed E-state index contributed by atoms with van der Waals surface area (Å²) in [4.78, 5) is 3.94. The highest BCUT2D eigenvalue weighted by molar-refractivity contribution is 7.10. The SMILES string of the molecule is Cc1ccsc1CNCCN(C)C1CC1. The van der Waals surface area contributed by atoms with E-state index >= 15 is 0 Å². The van der Waals surface area contributed by atoms with Crippen LogP contribution < -0.4 is 5.32 Å². The van der Waals surface area contributed by atoms with Gasteiger partial charge in [-0.25, -0.2) is 0 Å². The van der Waals surface area contributed by atoms with Gasteiger partial charge in [0.1, 0.15) is 0 Å². The second-order valence-electron chi connectivity index (χ2n) is 4.42. The lowest BCUT2D eigenvalue weighted by Crippen LogP contribution is -2.30. The maximum absolute atomic E-state index is 3.51. The molecule has 0 spiro atoms. The van der Waals surface area contributed by atoms with Gasteiger partial charge in [-0.1, -0.05) is 0 Å². The molecule has 0 atom stereocenters. The van der Waals surface area contributed by atoms with Gasteiger partial charge in [0.05, 0.1) is 0 Å². The zero-order chi connectivity index (χ0) is 10.7. The molecule has 2 nitrogen and oxygen atoms in total. The number of hydrogen-bond donors (Lipinski definition) is 1. The van der Waals surface area contributed by atoms with Crippen molar-refractivity contribution in [2.24, 2.45) is 0 Å². The molecule has 1 fully saturated rings. The average molecular weight is 224 g/mol. The predicted molar refractivity (Wildman–Crippen MR) is 66.4 cm³/mol. The van der Waals surface area contributed by atoms with Gasteiger partial charge in [0.2, 0.25) is 0 Å². The lowest BCUT2D eigenvalue weighted by atomic mass is 10.3. The highest BCUT2D eigenvalue weighted by Crippen LogP contribution is 2.24. The number of nitrogens with zero attached hydrogens (tertiary/aromatic N) is 1. The van der Waals surface area contributed by atoms with Crippen LogP contribution in [-0.2, 0) is 6.54 Å². The first-order valence-corrected chi connectivity index (χ1v) is 6.59. The van der Waals surface area contributed by atoms with E-state index in [1.54, 1.807) is 0 Å². The zero-order valence-corrected chi connectivity index (χ0v) is 10.4. The van der Waals surface area contributed by atoms with Crippen molar-refractivity contribution in [1.29, 1.82) is 0 Å². The van der Waals surface area contributed by atoms with Crippen molar-refractivity contribution in [2.45, 2.75) is 32.4 Å².